The molecule has 2 heteroatoms. The van der Waals surface area contributed by atoms with Gasteiger partial charge in [-0.3, -0.25) is 0 Å². The molecule has 64 heavy (non-hydrogen) atoms. The van der Waals surface area contributed by atoms with E-state index in [0.717, 1.165) is 83.2 Å². The van der Waals surface area contributed by atoms with E-state index in [-0.39, 0.29) is 0 Å². The Labute approximate surface area is 372 Å². The molecule has 0 unspecified atom stereocenters. The lowest BCUT2D eigenvalue weighted by atomic mass is 9.89. The zero-order valence-corrected chi connectivity index (χ0v) is 35.0. The molecular formula is C62H41NO. The third-order valence-electron chi connectivity index (χ3n) is 12.6. The predicted molar refractivity (Wildman–Crippen MR) is 271 cm³/mol. The van der Waals surface area contributed by atoms with Crippen LogP contribution in [0.25, 0.3) is 99.1 Å². The summed E-state index contributed by atoms with van der Waals surface area (Å²) in [6.07, 6.45) is 0. The Kier molecular flexibility index (Phi) is 9.20. The minimum atomic E-state index is 0.841. The van der Waals surface area contributed by atoms with Gasteiger partial charge in [-0.1, -0.05) is 188 Å². The van der Waals surface area contributed by atoms with E-state index in [9.17, 15) is 0 Å². The van der Waals surface area contributed by atoms with Crippen molar-refractivity contribution in [2.75, 3.05) is 4.90 Å². The summed E-state index contributed by atoms with van der Waals surface area (Å²) in [5.74, 6) is 0. The molecule has 1 heterocycles. The highest BCUT2D eigenvalue weighted by Gasteiger charge is 2.25. The van der Waals surface area contributed by atoms with Crippen LogP contribution in [0.15, 0.2) is 253 Å². The number of rotatable bonds is 8. The smallest absolute Gasteiger partial charge is 0.143 e. The summed E-state index contributed by atoms with van der Waals surface area (Å²) in [4.78, 5) is 2.44. The molecule has 0 bridgehead atoms. The molecule has 1 aromatic heterocycles. The van der Waals surface area contributed by atoms with E-state index in [1.807, 2.05) is 0 Å². The molecule has 0 aliphatic rings. The van der Waals surface area contributed by atoms with E-state index in [2.05, 4.69) is 254 Å². The molecule has 12 aromatic rings. The van der Waals surface area contributed by atoms with Crippen molar-refractivity contribution >= 4 is 60.5 Å². The first kappa shape index (κ1) is 37.3. The molecule has 0 fully saturated rings. The summed E-state index contributed by atoms with van der Waals surface area (Å²) in [5, 5.41) is 6.79. The van der Waals surface area contributed by atoms with Crippen molar-refractivity contribution in [3.63, 3.8) is 0 Å². The average Bonchev–Trinajstić information content (AvgIpc) is 3.76. The third-order valence-corrected chi connectivity index (χ3v) is 12.6. The number of hydrogen-bond acceptors (Lipinski definition) is 2. The van der Waals surface area contributed by atoms with Gasteiger partial charge in [0.15, 0.2) is 0 Å². The first-order valence-corrected chi connectivity index (χ1v) is 21.9. The van der Waals surface area contributed by atoms with Gasteiger partial charge >= 0.3 is 0 Å². The number of benzene rings is 11. The number of anilines is 3. The highest BCUT2D eigenvalue weighted by Crippen LogP contribution is 2.50. The Balaban J connectivity index is 1.21. The van der Waals surface area contributed by atoms with Gasteiger partial charge in [0.2, 0.25) is 0 Å². The molecule has 0 amide bonds. The zero-order valence-electron chi connectivity index (χ0n) is 35.0. The minimum absolute atomic E-state index is 0.841. The minimum Gasteiger partial charge on any atom is -0.455 e. The molecule has 0 radical (unpaired) electrons. The van der Waals surface area contributed by atoms with Crippen LogP contribution < -0.4 is 4.90 Å². The van der Waals surface area contributed by atoms with E-state index in [4.69, 9.17) is 4.42 Å². The standard InChI is InChI=1S/C62H41NO/c1-5-17-42(18-6-1)46-29-32-52(33-30-46)63(53-34-31-45-23-13-14-26-48(45)40-53)58-35-36-59-61(57-41-56(47-24-11-4-12-25-47)54-27-15-16-28-55(54)62(57)64-59)60(58)51-38-49(43-19-7-2-8-20-43)37-50(39-51)44-21-9-3-10-22-44/h1-41H. The molecule has 0 saturated heterocycles. The topological polar surface area (TPSA) is 16.4 Å². The van der Waals surface area contributed by atoms with E-state index in [1.165, 1.54) is 33.0 Å². The van der Waals surface area contributed by atoms with Crippen LogP contribution >= 0.6 is 0 Å². The number of hydrogen-bond donors (Lipinski definition) is 0. The first-order valence-electron chi connectivity index (χ1n) is 21.9. The summed E-state index contributed by atoms with van der Waals surface area (Å²) < 4.78 is 7.10. The quantitative estimate of drug-likeness (QED) is 0.152. The van der Waals surface area contributed by atoms with Crippen molar-refractivity contribution < 1.29 is 4.42 Å². The molecule has 0 saturated carbocycles. The van der Waals surface area contributed by atoms with Crippen LogP contribution in [0, 0.1) is 0 Å². The van der Waals surface area contributed by atoms with Crippen LogP contribution in [0.2, 0.25) is 0 Å². The van der Waals surface area contributed by atoms with Gasteiger partial charge in [-0.25, -0.2) is 0 Å². The second-order valence-corrected chi connectivity index (χ2v) is 16.5. The number of fused-ring (bicyclic) bond motifs is 6. The normalized spacial score (nSPS) is 11.4. The fourth-order valence-corrected chi connectivity index (χ4v) is 9.56. The Hall–Kier alpha value is -8.46. The van der Waals surface area contributed by atoms with Crippen LogP contribution in [-0.2, 0) is 0 Å². The molecule has 11 aromatic carbocycles. The molecule has 2 nitrogen and oxygen atoms in total. The molecular weight excluding hydrogens is 775 g/mol. The first-order chi connectivity index (χ1) is 31.7. The monoisotopic (exact) mass is 815 g/mol. The van der Waals surface area contributed by atoms with Gasteiger partial charge in [0.1, 0.15) is 11.2 Å². The van der Waals surface area contributed by atoms with Crippen molar-refractivity contribution in [2.24, 2.45) is 0 Å². The maximum absolute atomic E-state index is 7.10. The second-order valence-electron chi connectivity index (χ2n) is 16.5. The van der Waals surface area contributed by atoms with Gasteiger partial charge in [-0.2, -0.15) is 0 Å². The van der Waals surface area contributed by atoms with Crippen LogP contribution in [0.5, 0.6) is 0 Å². The van der Waals surface area contributed by atoms with Crippen molar-refractivity contribution in [2.45, 2.75) is 0 Å². The van der Waals surface area contributed by atoms with Crippen molar-refractivity contribution in [1.29, 1.82) is 0 Å². The fraction of sp³-hybridized carbons (Fsp3) is 0. The van der Waals surface area contributed by atoms with Gasteiger partial charge in [0, 0.05) is 33.1 Å². The van der Waals surface area contributed by atoms with Gasteiger partial charge < -0.3 is 9.32 Å². The Morgan fingerprint density at radius 2 is 0.797 bits per heavy atom. The summed E-state index contributed by atoms with van der Waals surface area (Å²) in [7, 11) is 0. The van der Waals surface area contributed by atoms with Crippen LogP contribution in [0.1, 0.15) is 0 Å². The summed E-state index contributed by atoms with van der Waals surface area (Å²) in [6, 6.07) is 89.8. The second kappa shape index (κ2) is 15.8. The molecule has 0 aliphatic carbocycles. The Morgan fingerprint density at radius 1 is 0.297 bits per heavy atom. The van der Waals surface area contributed by atoms with E-state index in [0.29, 0.717) is 0 Å². The summed E-state index contributed by atoms with van der Waals surface area (Å²) in [5.41, 5.74) is 16.4. The third kappa shape index (κ3) is 6.61. The lowest BCUT2D eigenvalue weighted by Gasteiger charge is -2.29. The van der Waals surface area contributed by atoms with Crippen molar-refractivity contribution in [3.8, 4) is 55.6 Å². The van der Waals surface area contributed by atoms with Crippen LogP contribution in [0.4, 0.5) is 17.1 Å². The molecule has 300 valence electrons. The van der Waals surface area contributed by atoms with Crippen molar-refractivity contribution in [1.82, 2.24) is 0 Å². The van der Waals surface area contributed by atoms with Gasteiger partial charge in [0.25, 0.3) is 0 Å². The van der Waals surface area contributed by atoms with E-state index >= 15 is 0 Å². The maximum atomic E-state index is 7.10. The fourth-order valence-electron chi connectivity index (χ4n) is 9.56. The molecule has 0 spiro atoms. The molecule has 0 N–H and O–H groups in total. The lowest BCUT2D eigenvalue weighted by Crippen LogP contribution is -2.11. The number of furan rings is 1. The molecule has 0 aliphatic heterocycles. The lowest BCUT2D eigenvalue weighted by molar-refractivity contribution is 0.673. The summed E-state index contributed by atoms with van der Waals surface area (Å²) in [6.45, 7) is 0. The van der Waals surface area contributed by atoms with E-state index < -0.39 is 0 Å². The Bertz CT molecular complexity index is 3570. The Morgan fingerprint density at radius 3 is 1.44 bits per heavy atom. The van der Waals surface area contributed by atoms with Crippen molar-refractivity contribution in [3.05, 3.63) is 249 Å². The maximum Gasteiger partial charge on any atom is 0.143 e. The molecule has 0 atom stereocenters. The van der Waals surface area contributed by atoms with Gasteiger partial charge in [-0.15, -0.1) is 0 Å². The number of nitrogens with zero attached hydrogens (tertiary/aromatic N) is 1. The average molecular weight is 816 g/mol. The summed E-state index contributed by atoms with van der Waals surface area (Å²) >= 11 is 0. The van der Waals surface area contributed by atoms with Gasteiger partial charge in [-0.05, 0) is 127 Å². The SMILES string of the molecule is c1ccc(-c2ccc(N(c3ccc4ccccc4c3)c3ccc4oc5c6ccccc6c(-c6ccccc6)cc5c4c3-c3cc(-c4ccccc4)cc(-c4ccccc4)c3)cc2)cc1. The highest BCUT2D eigenvalue weighted by molar-refractivity contribution is 6.24. The molecule has 12 rings (SSSR count). The van der Waals surface area contributed by atoms with Gasteiger partial charge in [0.05, 0.1) is 5.69 Å². The predicted octanol–water partition coefficient (Wildman–Crippen LogP) is 17.7. The zero-order chi connectivity index (χ0) is 42.4. The van der Waals surface area contributed by atoms with E-state index in [1.54, 1.807) is 0 Å². The van der Waals surface area contributed by atoms with Crippen LogP contribution in [0.3, 0.4) is 0 Å². The largest absolute Gasteiger partial charge is 0.455 e. The van der Waals surface area contributed by atoms with Crippen LogP contribution in [-0.4, -0.2) is 0 Å². The highest BCUT2D eigenvalue weighted by atomic mass is 16.3.